The molecule has 0 amide bonds. The van der Waals surface area contributed by atoms with E-state index in [9.17, 15) is 13.2 Å². The van der Waals surface area contributed by atoms with Crippen LogP contribution in [0.4, 0.5) is 13.2 Å². The van der Waals surface area contributed by atoms with Crippen molar-refractivity contribution in [3.63, 3.8) is 0 Å². The maximum atomic E-state index is 12.6. The first kappa shape index (κ1) is 13.6. The summed E-state index contributed by atoms with van der Waals surface area (Å²) in [5, 5.41) is 4.10. The first-order valence-electron chi connectivity index (χ1n) is 5.91. The van der Waals surface area contributed by atoms with Crippen LogP contribution in [-0.4, -0.2) is 16.3 Å². The molecule has 1 aromatic carbocycles. The molecule has 0 atom stereocenters. The summed E-state index contributed by atoms with van der Waals surface area (Å²) in [7, 11) is 0. The van der Waals surface area contributed by atoms with Crippen LogP contribution in [0.25, 0.3) is 11.1 Å². The number of aromatic nitrogens is 2. The van der Waals surface area contributed by atoms with Crippen molar-refractivity contribution < 1.29 is 13.2 Å². The molecule has 0 saturated heterocycles. The first-order chi connectivity index (χ1) is 9.00. The Morgan fingerprint density at radius 2 is 2.00 bits per heavy atom. The number of halogens is 3. The second-order valence-electron chi connectivity index (χ2n) is 4.21. The minimum Gasteiger partial charge on any atom is -0.330 e. The minimum absolute atomic E-state index is 0.508. The summed E-state index contributed by atoms with van der Waals surface area (Å²) in [4.78, 5) is 0. The highest BCUT2D eigenvalue weighted by atomic mass is 19.4. The Morgan fingerprint density at radius 1 is 1.21 bits per heavy atom. The lowest BCUT2D eigenvalue weighted by Crippen LogP contribution is -2.05. The average molecular weight is 269 g/mol. The zero-order valence-corrected chi connectivity index (χ0v) is 10.2. The van der Waals surface area contributed by atoms with Crippen molar-refractivity contribution in [3.05, 3.63) is 42.2 Å². The van der Waals surface area contributed by atoms with Crippen LogP contribution in [0.3, 0.4) is 0 Å². The summed E-state index contributed by atoms with van der Waals surface area (Å²) in [5.74, 6) is 0. The molecule has 0 aliphatic rings. The summed E-state index contributed by atoms with van der Waals surface area (Å²) in [6.45, 7) is 1.22. The van der Waals surface area contributed by atoms with Gasteiger partial charge in [-0.15, -0.1) is 0 Å². The van der Waals surface area contributed by atoms with Gasteiger partial charge in [-0.2, -0.15) is 18.3 Å². The van der Waals surface area contributed by atoms with Gasteiger partial charge in [-0.05, 0) is 30.7 Å². The van der Waals surface area contributed by atoms with Crippen LogP contribution in [0.5, 0.6) is 0 Å². The SMILES string of the molecule is NCCCn1cc(-c2cccc(C(F)(F)F)c2)cn1. The molecule has 0 aliphatic carbocycles. The monoisotopic (exact) mass is 269 g/mol. The third-order valence-electron chi connectivity index (χ3n) is 2.75. The van der Waals surface area contributed by atoms with Crippen LogP contribution in [0.1, 0.15) is 12.0 Å². The number of hydrogen-bond donors (Lipinski definition) is 1. The fraction of sp³-hybridized carbons (Fsp3) is 0.308. The van der Waals surface area contributed by atoms with Crippen molar-refractivity contribution in [2.45, 2.75) is 19.1 Å². The van der Waals surface area contributed by atoms with Crippen LogP contribution < -0.4 is 5.73 Å². The molecular formula is C13H14F3N3. The van der Waals surface area contributed by atoms with E-state index in [0.29, 0.717) is 24.2 Å². The fourth-order valence-electron chi connectivity index (χ4n) is 1.76. The first-order valence-corrected chi connectivity index (χ1v) is 5.91. The van der Waals surface area contributed by atoms with Crippen molar-refractivity contribution in [3.8, 4) is 11.1 Å². The van der Waals surface area contributed by atoms with Crippen molar-refractivity contribution in [2.24, 2.45) is 5.73 Å². The molecular weight excluding hydrogens is 255 g/mol. The number of nitrogens with two attached hydrogens (primary N) is 1. The number of aryl methyl sites for hydroxylation is 1. The molecule has 2 aromatic rings. The van der Waals surface area contributed by atoms with E-state index < -0.39 is 11.7 Å². The molecule has 3 nitrogen and oxygen atoms in total. The van der Waals surface area contributed by atoms with Crippen LogP contribution in [0.15, 0.2) is 36.7 Å². The molecule has 0 saturated carbocycles. The molecule has 2 N–H and O–H groups in total. The van der Waals surface area contributed by atoms with Gasteiger partial charge in [0, 0.05) is 18.3 Å². The van der Waals surface area contributed by atoms with E-state index in [-0.39, 0.29) is 0 Å². The van der Waals surface area contributed by atoms with Crippen molar-refractivity contribution in [1.82, 2.24) is 9.78 Å². The predicted molar refractivity (Wildman–Crippen MR) is 66.3 cm³/mol. The average Bonchev–Trinajstić information content (AvgIpc) is 2.84. The van der Waals surface area contributed by atoms with Crippen molar-refractivity contribution >= 4 is 0 Å². The Hall–Kier alpha value is -1.82. The molecule has 0 aliphatic heterocycles. The van der Waals surface area contributed by atoms with Gasteiger partial charge in [0.05, 0.1) is 11.8 Å². The Bertz CT molecular complexity index is 546. The van der Waals surface area contributed by atoms with Gasteiger partial charge in [0.2, 0.25) is 0 Å². The number of alkyl halides is 3. The molecule has 0 bridgehead atoms. The van der Waals surface area contributed by atoms with Gasteiger partial charge < -0.3 is 5.73 Å². The number of nitrogens with zero attached hydrogens (tertiary/aromatic N) is 2. The summed E-state index contributed by atoms with van der Waals surface area (Å²) < 4.78 is 39.5. The van der Waals surface area contributed by atoms with E-state index in [1.165, 1.54) is 6.07 Å². The van der Waals surface area contributed by atoms with Crippen LogP contribution in [0.2, 0.25) is 0 Å². The van der Waals surface area contributed by atoms with E-state index in [4.69, 9.17) is 5.73 Å². The Kier molecular flexibility index (Phi) is 3.90. The fourth-order valence-corrected chi connectivity index (χ4v) is 1.76. The van der Waals surface area contributed by atoms with Crippen LogP contribution >= 0.6 is 0 Å². The number of hydrogen-bond acceptors (Lipinski definition) is 2. The Morgan fingerprint density at radius 3 is 2.68 bits per heavy atom. The van der Waals surface area contributed by atoms with E-state index in [0.717, 1.165) is 18.6 Å². The van der Waals surface area contributed by atoms with Gasteiger partial charge in [0.1, 0.15) is 0 Å². The van der Waals surface area contributed by atoms with E-state index >= 15 is 0 Å². The highest BCUT2D eigenvalue weighted by Crippen LogP contribution is 2.31. The molecule has 0 radical (unpaired) electrons. The molecule has 0 fully saturated rings. The number of benzene rings is 1. The van der Waals surface area contributed by atoms with E-state index in [1.807, 2.05) is 0 Å². The van der Waals surface area contributed by atoms with E-state index in [1.54, 1.807) is 23.1 Å². The molecule has 0 unspecified atom stereocenters. The van der Waals surface area contributed by atoms with Crippen molar-refractivity contribution in [1.29, 1.82) is 0 Å². The lowest BCUT2D eigenvalue weighted by atomic mass is 10.1. The van der Waals surface area contributed by atoms with Crippen LogP contribution in [0, 0.1) is 0 Å². The Balaban J connectivity index is 2.24. The highest BCUT2D eigenvalue weighted by Gasteiger charge is 2.30. The number of rotatable bonds is 4. The van der Waals surface area contributed by atoms with Gasteiger partial charge in [-0.1, -0.05) is 12.1 Å². The normalized spacial score (nSPS) is 11.8. The standard InChI is InChI=1S/C13H14F3N3/c14-13(15,16)12-4-1-3-10(7-12)11-8-18-19(9-11)6-2-5-17/h1,3-4,7-9H,2,5-6,17H2. The van der Waals surface area contributed by atoms with Gasteiger partial charge in [-0.3, -0.25) is 4.68 Å². The van der Waals surface area contributed by atoms with Crippen LogP contribution in [-0.2, 0) is 12.7 Å². The van der Waals surface area contributed by atoms with E-state index in [2.05, 4.69) is 5.10 Å². The molecule has 2 rings (SSSR count). The smallest absolute Gasteiger partial charge is 0.330 e. The molecule has 1 aromatic heterocycles. The molecule has 6 heteroatoms. The zero-order valence-electron chi connectivity index (χ0n) is 10.2. The molecule has 102 valence electrons. The second-order valence-corrected chi connectivity index (χ2v) is 4.21. The third-order valence-corrected chi connectivity index (χ3v) is 2.75. The summed E-state index contributed by atoms with van der Waals surface area (Å²) in [6, 6.07) is 5.22. The summed E-state index contributed by atoms with van der Waals surface area (Å²) in [6.07, 6.45) is -0.258. The largest absolute Gasteiger partial charge is 0.416 e. The summed E-state index contributed by atoms with van der Waals surface area (Å²) in [5.41, 5.74) is 5.92. The molecule has 1 heterocycles. The maximum absolute atomic E-state index is 12.6. The second kappa shape index (κ2) is 5.44. The molecule has 19 heavy (non-hydrogen) atoms. The topological polar surface area (TPSA) is 43.8 Å². The zero-order chi connectivity index (χ0) is 13.9. The minimum atomic E-state index is -4.33. The predicted octanol–water partition coefficient (Wildman–Crippen LogP) is 2.92. The lowest BCUT2D eigenvalue weighted by molar-refractivity contribution is -0.137. The van der Waals surface area contributed by atoms with Gasteiger partial charge in [0.15, 0.2) is 0 Å². The molecule has 0 spiro atoms. The van der Waals surface area contributed by atoms with Gasteiger partial charge in [0.25, 0.3) is 0 Å². The third kappa shape index (κ3) is 3.35. The van der Waals surface area contributed by atoms with Gasteiger partial charge >= 0.3 is 6.18 Å². The lowest BCUT2D eigenvalue weighted by Gasteiger charge is -2.07. The quantitative estimate of drug-likeness (QED) is 0.927. The maximum Gasteiger partial charge on any atom is 0.416 e. The summed E-state index contributed by atoms with van der Waals surface area (Å²) >= 11 is 0. The Labute approximate surface area is 108 Å². The van der Waals surface area contributed by atoms with Gasteiger partial charge in [-0.25, -0.2) is 0 Å². The van der Waals surface area contributed by atoms with Crippen molar-refractivity contribution in [2.75, 3.05) is 6.54 Å². The highest BCUT2D eigenvalue weighted by molar-refractivity contribution is 5.62.